The molecule has 0 aliphatic heterocycles. The van der Waals surface area contributed by atoms with E-state index in [0.717, 1.165) is 37.6 Å². The molecule has 15 heavy (non-hydrogen) atoms. The van der Waals surface area contributed by atoms with Gasteiger partial charge in [0.05, 0.1) is 6.54 Å². The minimum Gasteiger partial charge on any atom is -0.465 e. The lowest BCUT2D eigenvalue weighted by atomic mass is 10.1. The van der Waals surface area contributed by atoms with E-state index in [4.69, 9.17) is 10.2 Å². The van der Waals surface area contributed by atoms with Crippen molar-refractivity contribution in [2.75, 3.05) is 20.1 Å². The van der Waals surface area contributed by atoms with Crippen molar-refractivity contribution in [3.05, 3.63) is 23.7 Å². The van der Waals surface area contributed by atoms with Crippen LogP contribution >= 0.6 is 0 Å². The molecule has 3 nitrogen and oxygen atoms in total. The van der Waals surface area contributed by atoms with E-state index in [1.807, 2.05) is 19.1 Å². The van der Waals surface area contributed by atoms with E-state index in [1.165, 1.54) is 0 Å². The van der Waals surface area contributed by atoms with Crippen molar-refractivity contribution in [2.24, 2.45) is 11.7 Å². The van der Waals surface area contributed by atoms with E-state index in [9.17, 15) is 0 Å². The second kappa shape index (κ2) is 5.93. The summed E-state index contributed by atoms with van der Waals surface area (Å²) in [5.74, 6) is 2.59. The summed E-state index contributed by atoms with van der Waals surface area (Å²) < 4.78 is 5.53. The lowest BCUT2D eigenvalue weighted by molar-refractivity contribution is 0.247. The first-order valence-corrected chi connectivity index (χ1v) is 5.59. The Morgan fingerprint density at radius 2 is 2.20 bits per heavy atom. The van der Waals surface area contributed by atoms with Crippen LogP contribution < -0.4 is 5.73 Å². The molecule has 1 aromatic heterocycles. The van der Waals surface area contributed by atoms with Crippen LogP contribution in [0.3, 0.4) is 0 Å². The summed E-state index contributed by atoms with van der Waals surface area (Å²) in [5.41, 5.74) is 5.68. The third-order valence-electron chi connectivity index (χ3n) is 2.70. The Morgan fingerprint density at radius 3 is 2.67 bits per heavy atom. The molecule has 1 aromatic rings. The summed E-state index contributed by atoms with van der Waals surface area (Å²) >= 11 is 0. The maximum absolute atomic E-state index is 5.68. The summed E-state index contributed by atoms with van der Waals surface area (Å²) in [7, 11) is 2.11. The topological polar surface area (TPSA) is 42.4 Å². The smallest absolute Gasteiger partial charge is 0.118 e. The monoisotopic (exact) mass is 210 g/mol. The summed E-state index contributed by atoms with van der Waals surface area (Å²) in [4.78, 5) is 2.26. The Labute approximate surface area is 92.2 Å². The van der Waals surface area contributed by atoms with Gasteiger partial charge in [-0.1, -0.05) is 13.3 Å². The molecule has 0 bridgehead atoms. The minimum absolute atomic E-state index is 0.589. The highest BCUT2D eigenvalue weighted by Gasteiger charge is 2.09. The molecule has 0 amide bonds. The number of aryl methyl sites for hydroxylation is 1. The number of nitrogens with zero attached hydrogens (tertiary/aromatic N) is 1. The second-order valence-electron chi connectivity index (χ2n) is 4.22. The molecular formula is C12H22N2O. The van der Waals surface area contributed by atoms with Crippen LogP contribution in [0.2, 0.25) is 0 Å². The van der Waals surface area contributed by atoms with Gasteiger partial charge in [-0.25, -0.2) is 0 Å². The average molecular weight is 210 g/mol. The predicted octanol–water partition coefficient (Wildman–Crippen LogP) is 2.00. The summed E-state index contributed by atoms with van der Waals surface area (Å²) in [6, 6.07) is 4.04. The molecule has 2 N–H and O–H groups in total. The van der Waals surface area contributed by atoms with E-state index in [0.29, 0.717) is 5.92 Å². The maximum Gasteiger partial charge on any atom is 0.118 e. The lowest BCUT2D eigenvalue weighted by Gasteiger charge is -2.20. The van der Waals surface area contributed by atoms with Crippen LogP contribution in [0.25, 0.3) is 0 Å². The van der Waals surface area contributed by atoms with E-state index in [2.05, 4.69) is 18.9 Å². The first-order valence-electron chi connectivity index (χ1n) is 5.59. The van der Waals surface area contributed by atoms with Gasteiger partial charge in [0.15, 0.2) is 0 Å². The van der Waals surface area contributed by atoms with Crippen LogP contribution in [0.5, 0.6) is 0 Å². The van der Waals surface area contributed by atoms with Crippen molar-refractivity contribution in [1.29, 1.82) is 0 Å². The SMILES string of the molecule is CCC(CN)CN(C)Cc1ccc(C)o1. The zero-order valence-electron chi connectivity index (χ0n) is 9.99. The van der Waals surface area contributed by atoms with Gasteiger partial charge in [-0.3, -0.25) is 4.90 Å². The molecule has 1 heterocycles. The molecule has 1 unspecified atom stereocenters. The fourth-order valence-corrected chi connectivity index (χ4v) is 1.71. The van der Waals surface area contributed by atoms with Crippen molar-refractivity contribution in [1.82, 2.24) is 4.90 Å². The van der Waals surface area contributed by atoms with E-state index < -0.39 is 0 Å². The van der Waals surface area contributed by atoms with Crippen molar-refractivity contribution < 1.29 is 4.42 Å². The fourth-order valence-electron chi connectivity index (χ4n) is 1.71. The van der Waals surface area contributed by atoms with Crippen LogP contribution in [-0.4, -0.2) is 25.0 Å². The van der Waals surface area contributed by atoms with Crippen LogP contribution in [0, 0.1) is 12.8 Å². The average Bonchev–Trinajstić information content (AvgIpc) is 2.60. The molecule has 3 heteroatoms. The second-order valence-corrected chi connectivity index (χ2v) is 4.22. The van der Waals surface area contributed by atoms with Crippen LogP contribution in [0.15, 0.2) is 16.5 Å². The first-order chi connectivity index (χ1) is 7.15. The molecular weight excluding hydrogens is 188 g/mol. The number of nitrogens with two attached hydrogens (primary N) is 1. The van der Waals surface area contributed by atoms with Gasteiger partial charge >= 0.3 is 0 Å². The normalized spacial score (nSPS) is 13.4. The van der Waals surface area contributed by atoms with Crippen LogP contribution in [0.1, 0.15) is 24.9 Å². The fraction of sp³-hybridized carbons (Fsp3) is 0.667. The van der Waals surface area contributed by atoms with Crippen molar-refractivity contribution in [3.8, 4) is 0 Å². The molecule has 0 saturated heterocycles. The van der Waals surface area contributed by atoms with Crippen molar-refractivity contribution in [2.45, 2.75) is 26.8 Å². The quantitative estimate of drug-likeness (QED) is 0.781. The number of furan rings is 1. The van der Waals surface area contributed by atoms with Gasteiger partial charge in [0, 0.05) is 6.54 Å². The Morgan fingerprint density at radius 1 is 1.47 bits per heavy atom. The van der Waals surface area contributed by atoms with Gasteiger partial charge < -0.3 is 10.2 Å². The van der Waals surface area contributed by atoms with Gasteiger partial charge in [-0.2, -0.15) is 0 Å². The maximum atomic E-state index is 5.68. The standard InChI is InChI=1S/C12H22N2O/c1-4-11(7-13)8-14(3)9-12-6-5-10(2)15-12/h5-6,11H,4,7-9,13H2,1-3H3. The van der Waals surface area contributed by atoms with Gasteiger partial charge in [-0.05, 0) is 38.6 Å². The van der Waals surface area contributed by atoms with E-state index in [-0.39, 0.29) is 0 Å². The molecule has 0 aliphatic carbocycles. The molecule has 1 rings (SSSR count). The molecule has 0 aliphatic rings. The van der Waals surface area contributed by atoms with Crippen LogP contribution in [0.4, 0.5) is 0 Å². The zero-order valence-corrected chi connectivity index (χ0v) is 9.99. The molecule has 1 atom stereocenters. The summed E-state index contributed by atoms with van der Waals surface area (Å²) in [6.45, 7) is 6.82. The highest BCUT2D eigenvalue weighted by molar-refractivity contribution is 5.05. The molecule has 0 aromatic carbocycles. The zero-order chi connectivity index (χ0) is 11.3. The Kier molecular flexibility index (Phi) is 4.85. The molecule has 86 valence electrons. The van der Waals surface area contributed by atoms with Gasteiger partial charge in [0.1, 0.15) is 11.5 Å². The third kappa shape index (κ3) is 4.06. The number of rotatable bonds is 6. The van der Waals surface area contributed by atoms with E-state index >= 15 is 0 Å². The summed E-state index contributed by atoms with van der Waals surface area (Å²) in [5, 5.41) is 0. The molecule has 0 radical (unpaired) electrons. The van der Waals surface area contributed by atoms with Gasteiger partial charge in [0.25, 0.3) is 0 Å². The third-order valence-corrected chi connectivity index (χ3v) is 2.70. The highest BCUT2D eigenvalue weighted by atomic mass is 16.3. The largest absolute Gasteiger partial charge is 0.465 e. The van der Waals surface area contributed by atoms with E-state index in [1.54, 1.807) is 0 Å². The van der Waals surface area contributed by atoms with Crippen LogP contribution in [-0.2, 0) is 6.54 Å². The Bertz CT molecular complexity index is 279. The number of hydrogen-bond acceptors (Lipinski definition) is 3. The summed E-state index contributed by atoms with van der Waals surface area (Å²) in [6.07, 6.45) is 1.14. The van der Waals surface area contributed by atoms with Gasteiger partial charge in [0.2, 0.25) is 0 Å². The predicted molar refractivity (Wildman–Crippen MR) is 62.6 cm³/mol. The lowest BCUT2D eigenvalue weighted by Crippen LogP contribution is -2.29. The van der Waals surface area contributed by atoms with Crippen molar-refractivity contribution in [3.63, 3.8) is 0 Å². The molecule has 0 saturated carbocycles. The first kappa shape index (κ1) is 12.3. The van der Waals surface area contributed by atoms with Crippen molar-refractivity contribution >= 4 is 0 Å². The minimum atomic E-state index is 0.589. The Hall–Kier alpha value is -0.800. The molecule has 0 fully saturated rings. The molecule has 0 spiro atoms. The Balaban J connectivity index is 2.38. The van der Waals surface area contributed by atoms with Gasteiger partial charge in [-0.15, -0.1) is 0 Å². The number of hydrogen-bond donors (Lipinski definition) is 1. The highest BCUT2D eigenvalue weighted by Crippen LogP contribution is 2.10.